The van der Waals surface area contributed by atoms with E-state index in [0.717, 1.165) is 0 Å². The van der Waals surface area contributed by atoms with E-state index in [9.17, 15) is 60.7 Å². The highest BCUT2D eigenvalue weighted by molar-refractivity contribution is 5.95. The van der Waals surface area contributed by atoms with E-state index in [2.05, 4.69) is 10.6 Å². The zero-order valence-corrected chi connectivity index (χ0v) is 31.3. The quantitative estimate of drug-likeness (QED) is 0.0430. The zero-order chi connectivity index (χ0) is 41.6. The first-order valence-electron chi connectivity index (χ1n) is 18.3. The van der Waals surface area contributed by atoms with Crippen molar-refractivity contribution in [2.75, 3.05) is 26.2 Å². The molecule has 55 heavy (non-hydrogen) atoms. The minimum Gasteiger partial charge on any atom is -0.464 e. The molecule has 2 aromatic heterocycles. The molecule has 20 N–H and O–H groups in total. The van der Waals surface area contributed by atoms with Crippen molar-refractivity contribution in [1.82, 2.24) is 10.6 Å². The average molecular weight is 791 g/mol. The maximum absolute atomic E-state index is 12.6. The van der Waals surface area contributed by atoms with Gasteiger partial charge in [-0.15, -0.1) is 0 Å². The maximum Gasteiger partial charge on any atom is 0.254 e. The van der Waals surface area contributed by atoms with Gasteiger partial charge in [0.05, 0.1) is 72.0 Å². The van der Waals surface area contributed by atoms with Crippen LogP contribution in [0.2, 0.25) is 0 Å². The highest BCUT2D eigenvalue weighted by Crippen LogP contribution is 2.25. The van der Waals surface area contributed by atoms with Crippen molar-refractivity contribution in [3.8, 4) is 0 Å². The van der Waals surface area contributed by atoms with Crippen LogP contribution in [-0.4, -0.2) is 150 Å². The second kappa shape index (κ2) is 23.2. The second-order valence-corrected chi connectivity index (χ2v) is 14.1. The first kappa shape index (κ1) is 48.1. The number of aliphatic hydroxyl groups is 10. The maximum atomic E-state index is 12.6. The molecule has 0 aliphatic rings. The van der Waals surface area contributed by atoms with Gasteiger partial charge in [-0.3, -0.25) is 9.59 Å². The van der Waals surface area contributed by atoms with E-state index in [-0.39, 0.29) is 105 Å². The van der Waals surface area contributed by atoms with Gasteiger partial charge in [-0.25, -0.2) is 0 Å². The topological polar surface area (TPSA) is 391 Å². The molecule has 20 nitrogen and oxygen atoms in total. The molecule has 0 saturated heterocycles. The SMILES string of the molecule is Cc1oc([C@H](N)[C@H](O)[C@H](O)CN)cc1C(=O)NCC[C@@H](O)C[C@H](O)C[C@H](O)C[C@H](O)C[C@@H](O)C[C@H](O)CCNC(=O)c1cc([C@H](N)[C@H](O)[C@H](O)CN)oc1C. The molecule has 12 atom stereocenters. The van der Waals surface area contributed by atoms with Crippen LogP contribution < -0.4 is 33.6 Å². The van der Waals surface area contributed by atoms with E-state index in [1.807, 2.05) is 0 Å². The van der Waals surface area contributed by atoms with Crippen LogP contribution in [0.5, 0.6) is 0 Å². The lowest BCUT2D eigenvalue weighted by Gasteiger charge is -2.22. The van der Waals surface area contributed by atoms with Crippen LogP contribution >= 0.6 is 0 Å². The van der Waals surface area contributed by atoms with Gasteiger partial charge >= 0.3 is 0 Å². The molecule has 0 bridgehead atoms. The van der Waals surface area contributed by atoms with Crippen LogP contribution in [0.3, 0.4) is 0 Å². The minimum atomic E-state index is -1.41. The van der Waals surface area contributed by atoms with Crippen molar-refractivity contribution in [2.24, 2.45) is 22.9 Å². The fourth-order valence-electron chi connectivity index (χ4n) is 5.97. The largest absolute Gasteiger partial charge is 0.464 e. The lowest BCUT2D eigenvalue weighted by Crippen LogP contribution is -2.40. The summed E-state index contributed by atoms with van der Waals surface area (Å²) in [5.74, 6) is -0.476. The van der Waals surface area contributed by atoms with Crippen LogP contribution in [0.4, 0.5) is 0 Å². The Bertz CT molecular complexity index is 1340. The Labute approximate surface area is 319 Å². The summed E-state index contributed by atoms with van der Waals surface area (Å²) in [5.41, 5.74) is 22.8. The lowest BCUT2D eigenvalue weighted by molar-refractivity contribution is -0.00144. The first-order chi connectivity index (χ1) is 25.8. The van der Waals surface area contributed by atoms with Gasteiger partial charge in [0.25, 0.3) is 11.8 Å². The summed E-state index contributed by atoms with van der Waals surface area (Å²) in [6, 6.07) is 0.431. The van der Waals surface area contributed by atoms with Gasteiger partial charge in [0.1, 0.15) is 35.2 Å². The van der Waals surface area contributed by atoms with Gasteiger partial charge in [0, 0.05) is 26.2 Å². The van der Waals surface area contributed by atoms with Crippen LogP contribution in [0.1, 0.15) is 101 Å². The molecule has 20 heteroatoms. The van der Waals surface area contributed by atoms with E-state index in [1.54, 1.807) is 0 Å². The minimum absolute atomic E-state index is 0.0267. The number of nitrogens with two attached hydrogens (primary N) is 4. The van der Waals surface area contributed by atoms with E-state index in [4.69, 9.17) is 31.8 Å². The highest BCUT2D eigenvalue weighted by Gasteiger charge is 2.30. The Morgan fingerprint density at radius 1 is 0.564 bits per heavy atom. The molecule has 316 valence electrons. The van der Waals surface area contributed by atoms with E-state index < -0.39 is 84.9 Å². The Morgan fingerprint density at radius 3 is 1.15 bits per heavy atom. The number of furan rings is 2. The number of nitrogens with one attached hydrogen (secondary N) is 2. The number of aryl methyl sites for hydroxylation is 2. The monoisotopic (exact) mass is 790 g/mol. The lowest BCUT2D eigenvalue weighted by atomic mass is 9.96. The summed E-state index contributed by atoms with van der Waals surface area (Å²) in [7, 11) is 0. The zero-order valence-electron chi connectivity index (χ0n) is 31.3. The molecule has 0 radical (unpaired) electrons. The Morgan fingerprint density at radius 2 is 0.855 bits per heavy atom. The van der Waals surface area contributed by atoms with Gasteiger partial charge < -0.3 is 93.5 Å². The van der Waals surface area contributed by atoms with Crippen molar-refractivity contribution < 1.29 is 69.5 Å². The van der Waals surface area contributed by atoms with Crippen LogP contribution in [-0.2, 0) is 0 Å². The Balaban J connectivity index is 1.67. The number of carbonyl (C=O) groups is 2. The molecule has 0 fully saturated rings. The fourth-order valence-corrected chi connectivity index (χ4v) is 5.97. The van der Waals surface area contributed by atoms with Crippen LogP contribution in [0, 0.1) is 13.8 Å². The number of hydrogen-bond acceptors (Lipinski definition) is 18. The predicted octanol–water partition coefficient (Wildman–Crippen LogP) is -4.09. The van der Waals surface area contributed by atoms with Gasteiger partial charge in [0.15, 0.2) is 0 Å². The third kappa shape index (κ3) is 15.4. The number of aliphatic hydroxyl groups excluding tert-OH is 10. The Hall–Kier alpha value is -3.06. The van der Waals surface area contributed by atoms with Crippen LogP contribution in [0.15, 0.2) is 21.0 Å². The third-order valence-electron chi connectivity index (χ3n) is 9.27. The number of hydrogen-bond donors (Lipinski definition) is 16. The smallest absolute Gasteiger partial charge is 0.254 e. The molecular weight excluding hydrogens is 728 g/mol. The van der Waals surface area contributed by atoms with Gasteiger partial charge in [-0.1, -0.05) is 0 Å². The molecule has 2 heterocycles. The molecule has 2 amide bonds. The first-order valence-corrected chi connectivity index (χ1v) is 18.3. The second-order valence-electron chi connectivity index (χ2n) is 14.1. The molecule has 0 saturated carbocycles. The van der Waals surface area contributed by atoms with Gasteiger partial charge in [-0.2, -0.15) is 0 Å². The molecule has 2 aromatic rings. The highest BCUT2D eigenvalue weighted by atomic mass is 16.4. The normalized spacial score (nSPS) is 18.6. The molecule has 0 unspecified atom stereocenters. The summed E-state index contributed by atoms with van der Waals surface area (Å²) in [6.45, 7) is 2.64. The summed E-state index contributed by atoms with van der Waals surface area (Å²) >= 11 is 0. The predicted molar refractivity (Wildman–Crippen MR) is 196 cm³/mol. The van der Waals surface area contributed by atoms with Gasteiger partial charge in [-0.05, 0) is 70.9 Å². The number of rotatable bonds is 26. The van der Waals surface area contributed by atoms with Gasteiger partial charge in [0.2, 0.25) is 0 Å². The number of carbonyl (C=O) groups excluding carboxylic acids is 2. The number of amides is 2. The molecular formula is C35H62N6O14. The third-order valence-corrected chi connectivity index (χ3v) is 9.27. The fraction of sp³-hybridized carbons (Fsp3) is 0.714. The van der Waals surface area contributed by atoms with Crippen molar-refractivity contribution >= 4 is 11.8 Å². The van der Waals surface area contributed by atoms with Crippen molar-refractivity contribution in [3.05, 3.63) is 46.3 Å². The molecule has 0 aromatic carbocycles. The van der Waals surface area contributed by atoms with E-state index >= 15 is 0 Å². The van der Waals surface area contributed by atoms with Crippen molar-refractivity contribution in [2.45, 2.75) is 132 Å². The Kier molecular flexibility index (Phi) is 20.3. The van der Waals surface area contributed by atoms with E-state index in [0.29, 0.717) is 0 Å². The molecule has 0 spiro atoms. The molecule has 2 rings (SSSR count). The average Bonchev–Trinajstić information content (AvgIpc) is 3.71. The molecule has 0 aliphatic carbocycles. The summed E-state index contributed by atoms with van der Waals surface area (Å²) < 4.78 is 10.9. The summed E-state index contributed by atoms with van der Waals surface area (Å²) in [5, 5.41) is 107. The summed E-state index contributed by atoms with van der Waals surface area (Å²) in [4.78, 5) is 25.3. The molecule has 0 aliphatic heterocycles. The summed E-state index contributed by atoms with van der Waals surface area (Å²) in [6.07, 6.45) is -12.8. The van der Waals surface area contributed by atoms with Crippen molar-refractivity contribution in [3.63, 3.8) is 0 Å². The standard InChI is InChI=1S/C35H62N6O14/c1-16-24(12-28(54-16)30(38)32(50)26(48)14-36)34(52)40-5-3-18(42)7-20(44)9-22(46)11-23(47)10-21(45)8-19(43)4-6-41-35(53)25-13-29(55-17(25)2)31(39)33(51)27(49)15-37/h12-13,18-23,26-27,30-33,42-51H,3-11,14-15,36-39H2,1-2H3,(H,40,52)(H,41,53)/t18-,19-,20+,21+,22-,23+,26-,27-,30+,31+,32-,33-/m1/s1. The van der Waals surface area contributed by atoms with Crippen LogP contribution in [0.25, 0.3) is 0 Å². The van der Waals surface area contributed by atoms with E-state index in [1.165, 1.54) is 26.0 Å². The van der Waals surface area contributed by atoms with Crippen molar-refractivity contribution in [1.29, 1.82) is 0 Å².